The number of anilines is 1. The van der Waals surface area contributed by atoms with Gasteiger partial charge in [0.1, 0.15) is 18.0 Å². The zero-order valence-electron chi connectivity index (χ0n) is 15.5. The third kappa shape index (κ3) is 2.74. The van der Waals surface area contributed by atoms with Crippen molar-refractivity contribution in [1.82, 2.24) is 24.8 Å². The molecule has 7 heteroatoms. The third-order valence-electron chi connectivity index (χ3n) is 5.79. The molecule has 2 saturated heterocycles. The number of rotatable bonds is 2. The number of aromatic amines is 1. The molecule has 1 amide bonds. The maximum absolute atomic E-state index is 13.0. The van der Waals surface area contributed by atoms with Gasteiger partial charge in [0.15, 0.2) is 0 Å². The van der Waals surface area contributed by atoms with Crippen LogP contribution in [0.5, 0.6) is 0 Å². The fourth-order valence-electron chi connectivity index (χ4n) is 4.51. The van der Waals surface area contributed by atoms with Crippen molar-refractivity contribution < 1.29 is 4.79 Å². The van der Waals surface area contributed by atoms with Crippen LogP contribution in [0.1, 0.15) is 21.7 Å². The van der Waals surface area contributed by atoms with E-state index in [2.05, 4.69) is 24.8 Å². The lowest BCUT2D eigenvalue weighted by Gasteiger charge is -2.23. The van der Waals surface area contributed by atoms with Gasteiger partial charge in [-0.15, -0.1) is 0 Å². The number of hydrogen-bond acceptors (Lipinski definition) is 5. The minimum absolute atomic E-state index is 0.114. The molecule has 138 valence electrons. The van der Waals surface area contributed by atoms with E-state index in [1.54, 1.807) is 6.33 Å². The Hall–Kier alpha value is -2.96. The average Bonchev–Trinajstić information content (AvgIpc) is 3.32. The molecule has 2 fully saturated rings. The predicted molar refractivity (Wildman–Crippen MR) is 103 cm³/mol. The maximum atomic E-state index is 13.0. The highest BCUT2D eigenvalue weighted by Gasteiger charge is 2.42. The number of hydrogen-bond donors (Lipinski definition) is 1. The van der Waals surface area contributed by atoms with Crippen molar-refractivity contribution in [2.24, 2.45) is 11.8 Å². The molecule has 2 atom stereocenters. The first-order valence-corrected chi connectivity index (χ1v) is 9.35. The molecular formula is C20H22N6O. The quantitative estimate of drug-likeness (QED) is 0.756. The van der Waals surface area contributed by atoms with Crippen molar-refractivity contribution in [1.29, 1.82) is 0 Å². The van der Waals surface area contributed by atoms with Gasteiger partial charge >= 0.3 is 0 Å². The number of carbonyl (C=O) groups is 1. The van der Waals surface area contributed by atoms with Gasteiger partial charge in [0, 0.05) is 55.3 Å². The zero-order valence-corrected chi connectivity index (χ0v) is 15.5. The van der Waals surface area contributed by atoms with Crippen LogP contribution in [0.25, 0.3) is 11.0 Å². The van der Waals surface area contributed by atoms with Crippen LogP contribution in [0.15, 0.2) is 30.7 Å². The molecule has 2 aliphatic heterocycles. The van der Waals surface area contributed by atoms with Gasteiger partial charge in [-0.3, -0.25) is 4.79 Å². The average molecular weight is 362 g/mol. The molecule has 5 rings (SSSR count). The van der Waals surface area contributed by atoms with E-state index in [0.29, 0.717) is 11.8 Å². The van der Waals surface area contributed by atoms with Gasteiger partial charge in [0.2, 0.25) is 0 Å². The molecule has 27 heavy (non-hydrogen) atoms. The van der Waals surface area contributed by atoms with Crippen LogP contribution in [-0.4, -0.2) is 56.9 Å². The fourth-order valence-corrected chi connectivity index (χ4v) is 4.51. The Labute approximate surface area is 157 Å². The van der Waals surface area contributed by atoms with Gasteiger partial charge < -0.3 is 14.8 Å². The van der Waals surface area contributed by atoms with Gasteiger partial charge in [0.25, 0.3) is 5.91 Å². The van der Waals surface area contributed by atoms with E-state index in [-0.39, 0.29) is 5.91 Å². The predicted octanol–water partition coefficient (Wildman–Crippen LogP) is 2.18. The smallest absolute Gasteiger partial charge is 0.253 e. The van der Waals surface area contributed by atoms with Gasteiger partial charge in [-0.25, -0.2) is 15.0 Å². The van der Waals surface area contributed by atoms with Crippen LogP contribution >= 0.6 is 0 Å². The number of aryl methyl sites for hydroxylation is 2. The topological polar surface area (TPSA) is 78.0 Å². The number of fused-ring (bicyclic) bond motifs is 2. The highest BCUT2D eigenvalue weighted by Crippen LogP contribution is 2.34. The van der Waals surface area contributed by atoms with Crippen LogP contribution in [0.2, 0.25) is 0 Å². The van der Waals surface area contributed by atoms with E-state index < -0.39 is 0 Å². The number of imidazole rings is 1. The van der Waals surface area contributed by atoms with E-state index in [1.165, 1.54) is 0 Å². The van der Waals surface area contributed by atoms with E-state index >= 15 is 0 Å². The molecule has 0 saturated carbocycles. The van der Waals surface area contributed by atoms with Gasteiger partial charge in [-0.05, 0) is 32.0 Å². The second kappa shape index (κ2) is 6.04. The van der Waals surface area contributed by atoms with E-state index in [0.717, 1.165) is 60.0 Å². The highest BCUT2D eigenvalue weighted by atomic mass is 16.2. The Kier molecular flexibility index (Phi) is 3.63. The molecule has 7 nitrogen and oxygen atoms in total. The lowest BCUT2D eigenvalue weighted by Crippen LogP contribution is -2.33. The number of benzene rings is 1. The second-order valence-corrected chi connectivity index (χ2v) is 7.72. The summed E-state index contributed by atoms with van der Waals surface area (Å²) in [4.78, 5) is 33.5. The van der Waals surface area contributed by atoms with Crippen LogP contribution in [0.3, 0.4) is 0 Å². The Balaban J connectivity index is 1.30. The number of nitrogens with zero attached hydrogens (tertiary/aromatic N) is 5. The minimum atomic E-state index is 0.114. The molecule has 3 aromatic rings. The van der Waals surface area contributed by atoms with Crippen molar-refractivity contribution in [3.8, 4) is 0 Å². The largest absolute Gasteiger partial charge is 0.356 e. The fraction of sp³-hybridized carbons (Fsp3) is 0.400. The van der Waals surface area contributed by atoms with Crippen molar-refractivity contribution in [3.63, 3.8) is 0 Å². The normalized spacial score (nSPS) is 21.9. The summed E-state index contributed by atoms with van der Waals surface area (Å²) in [6, 6.07) is 5.72. The van der Waals surface area contributed by atoms with Crippen LogP contribution < -0.4 is 4.90 Å². The third-order valence-corrected chi connectivity index (χ3v) is 5.79. The van der Waals surface area contributed by atoms with Crippen molar-refractivity contribution in [2.75, 3.05) is 31.1 Å². The van der Waals surface area contributed by atoms with E-state index in [1.807, 2.05) is 43.1 Å². The summed E-state index contributed by atoms with van der Waals surface area (Å²) in [6.45, 7) is 7.49. The summed E-state index contributed by atoms with van der Waals surface area (Å²) in [7, 11) is 0. The van der Waals surface area contributed by atoms with Crippen LogP contribution in [0.4, 0.5) is 5.82 Å². The SMILES string of the molecule is Cc1nc2ccc(C(=O)N3CC4CN(c5ncncc5C)CC4C3)cc2[nH]1. The highest BCUT2D eigenvalue weighted by molar-refractivity contribution is 5.97. The molecule has 0 radical (unpaired) electrons. The minimum Gasteiger partial charge on any atom is -0.356 e. The van der Waals surface area contributed by atoms with Crippen molar-refractivity contribution in [3.05, 3.63) is 47.7 Å². The molecule has 4 heterocycles. The first-order chi connectivity index (χ1) is 13.1. The maximum Gasteiger partial charge on any atom is 0.253 e. The molecule has 2 aromatic heterocycles. The Morgan fingerprint density at radius 3 is 2.67 bits per heavy atom. The molecular weight excluding hydrogens is 340 g/mol. The van der Waals surface area contributed by atoms with Crippen molar-refractivity contribution >= 4 is 22.8 Å². The lowest BCUT2D eigenvalue weighted by atomic mass is 10.0. The summed E-state index contributed by atoms with van der Waals surface area (Å²) in [5, 5.41) is 0. The van der Waals surface area contributed by atoms with Gasteiger partial charge in [-0.1, -0.05) is 0 Å². The number of nitrogens with one attached hydrogen (secondary N) is 1. The summed E-state index contributed by atoms with van der Waals surface area (Å²) >= 11 is 0. The lowest BCUT2D eigenvalue weighted by molar-refractivity contribution is 0.0782. The first kappa shape index (κ1) is 16.2. The molecule has 1 N–H and O–H groups in total. The first-order valence-electron chi connectivity index (χ1n) is 9.35. The Morgan fingerprint density at radius 2 is 1.93 bits per heavy atom. The summed E-state index contributed by atoms with van der Waals surface area (Å²) in [6.07, 6.45) is 3.47. The molecule has 0 aliphatic carbocycles. The van der Waals surface area contributed by atoms with Gasteiger partial charge in [0.05, 0.1) is 11.0 Å². The molecule has 2 aliphatic rings. The van der Waals surface area contributed by atoms with E-state index in [9.17, 15) is 4.79 Å². The van der Waals surface area contributed by atoms with E-state index in [4.69, 9.17) is 0 Å². The molecule has 2 unspecified atom stereocenters. The number of carbonyl (C=O) groups excluding carboxylic acids is 1. The summed E-state index contributed by atoms with van der Waals surface area (Å²) in [5.41, 5.74) is 3.66. The molecule has 1 aromatic carbocycles. The van der Waals surface area contributed by atoms with Gasteiger partial charge in [-0.2, -0.15) is 0 Å². The standard InChI is InChI=1S/C20H22N6O/c1-12-6-21-11-22-19(12)25-7-15-9-26(10-16(15)8-25)20(27)14-3-4-17-18(5-14)24-13(2)23-17/h3-6,11,15-16H,7-10H2,1-2H3,(H,23,24). The Bertz CT molecular complexity index is 1010. The zero-order chi connectivity index (χ0) is 18.5. The number of aromatic nitrogens is 4. The number of amides is 1. The molecule has 0 spiro atoms. The molecule has 0 bridgehead atoms. The second-order valence-electron chi connectivity index (χ2n) is 7.72. The summed E-state index contributed by atoms with van der Waals surface area (Å²) in [5.74, 6) is 3.01. The summed E-state index contributed by atoms with van der Waals surface area (Å²) < 4.78 is 0. The van der Waals surface area contributed by atoms with Crippen LogP contribution in [0, 0.1) is 25.7 Å². The number of likely N-dealkylation sites (tertiary alicyclic amines) is 1. The number of H-pyrrole nitrogens is 1. The van der Waals surface area contributed by atoms with Crippen molar-refractivity contribution in [2.45, 2.75) is 13.8 Å². The monoisotopic (exact) mass is 362 g/mol. The Morgan fingerprint density at radius 1 is 1.15 bits per heavy atom. The van der Waals surface area contributed by atoms with Crippen LogP contribution in [-0.2, 0) is 0 Å².